The van der Waals surface area contributed by atoms with Crippen molar-refractivity contribution in [2.75, 3.05) is 39.4 Å². The minimum Gasteiger partial charge on any atom is -0.379 e. The highest BCUT2D eigenvalue weighted by Gasteiger charge is 2.33. The van der Waals surface area contributed by atoms with Crippen molar-refractivity contribution in [2.24, 2.45) is 0 Å². The van der Waals surface area contributed by atoms with E-state index < -0.39 is 15.8 Å². The van der Waals surface area contributed by atoms with E-state index in [2.05, 4.69) is 4.90 Å². The lowest BCUT2D eigenvalue weighted by Gasteiger charge is -2.40. The van der Waals surface area contributed by atoms with Crippen LogP contribution >= 0.6 is 11.6 Å². The van der Waals surface area contributed by atoms with Gasteiger partial charge in [0.2, 0.25) is 10.0 Å². The summed E-state index contributed by atoms with van der Waals surface area (Å²) in [6, 6.07) is 3.76. The van der Waals surface area contributed by atoms with Crippen LogP contribution in [0, 0.1) is 5.82 Å². The molecule has 2 saturated heterocycles. The third-order valence-corrected chi connectivity index (χ3v) is 6.60. The first-order chi connectivity index (χ1) is 11.0. The molecule has 0 amide bonds. The standard InChI is InChI=1S/C15H20ClFN2O3S/c16-14-10-13(3-4-15(14)17)23(20,21)19-5-1-2-12(11-19)18-6-8-22-9-7-18/h3-4,10,12H,1-2,5-9,11H2. The van der Waals surface area contributed by atoms with Gasteiger partial charge in [0.25, 0.3) is 0 Å². The molecular formula is C15H20ClFN2O3S. The van der Waals surface area contributed by atoms with Crippen molar-refractivity contribution < 1.29 is 17.5 Å². The molecule has 1 aromatic rings. The second-order valence-corrected chi connectivity index (χ2v) is 8.23. The molecule has 2 fully saturated rings. The zero-order chi connectivity index (χ0) is 16.4. The van der Waals surface area contributed by atoms with Gasteiger partial charge in [0, 0.05) is 32.2 Å². The lowest BCUT2D eigenvalue weighted by Crippen LogP contribution is -2.52. The molecule has 0 spiro atoms. The summed E-state index contributed by atoms with van der Waals surface area (Å²) in [5, 5.41) is -0.173. The molecule has 0 N–H and O–H groups in total. The highest BCUT2D eigenvalue weighted by molar-refractivity contribution is 7.89. The number of ether oxygens (including phenoxy) is 1. The van der Waals surface area contributed by atoms with Crippen molar-refractivity contribution >= 4 is 21.6 Å². The van der Waals surface area contributed by atoms with Gasteiger partial charge in [-0.05, 0) is 31.0 Å². The average molecular weight is 363 g/mol. The average Bonchev–Trinajstić information content (AvgIpc) is 2.58. The zero-order valence-corrected chi connectivity index (χ0v) is 14.3. The quantitative estimate of drug-likeness (QED) is 0.824. The summed E-state index contributed by atoms with van der Waals surface area (Å²) in [6.07, 6.45) is 1.80. The Hall–Kier alpha value is -0.730. The first-order valence-electron chi connectivity index (χ1n) is 7.75. The molecule has 0 saturated carbocycles. The molecule has 1 unspecified atom stereocenters. The van der Waals surface area contributed by atoms with Crippen LogP contribution in [0.1, 0.15) is 12.8 Å². The molecule has 0 aliphatic carbocycles. The summed E-state index contributed by atoms with van der Waals surface area (Å²) >= 11 is 5.73. The lowest BCUT2D eigenvalue weighted by molar-refractivity contribution is 0.00537. The minimum absolute atomic E-state index is 0.0477. The molecule has 5 nitrogen and oxygen atoms in total. The van der Waals surface area contributed by atoms with Crippen LogP contribution in [-0.4, -0.2) is 63.1 Å². The van der Waals surface area contributed by atoms with Crippen LogP contribution < -0.4 is 0 Å². The van der Waals surface area contributed by atoms with Crippen molar-refractivity contribution in [3.63, 3.8) is 0 Å². The Labute approximate surface area is 141 Å². The van der Waals surface area contributed by atoms with E-state index >= 15 is 0 Å². The van der Waals surface area contributed by atoms with Crippen molar-refractivity contribution in [2.45, 2.75) is 23.8 Å². The van der Waals surface area contributed by atoms with E-state index in [1.165, 1.54) is 16.4 Å². The third kappa shape index (κ3) is 3.69. The number of benzene rings is 1. The van der Waals surface area contributed by atoms with Crippen LogP contribution in [0.25, 0.3) is 0 Å². The molecule has 23 heavy (non-hydrogen) atoms. The highest BCUT2D eigenvalue weighted by Crippen LogP contribution is 2.26. The summed E-state index contributed by atoms with van der Waals surface area (Å²) < 4.78 is 45.7. The van der Waals surface area contributed by atoms with Crippen molar-refractivity contribution in [1.29, 1.82) is 0 Å². The van der Waals surface area contributed by atoms with Gasteiger partial charge in [0.15, 0.2) is 0 Å². The molecule has 8 heteroatoms. The number of rotatable bonds is 3. The van der Waals surface area contributed by atoms with E-state index in [9.17, 15) is 12.8 Å². The van der Waals surface area contributed by atoms with Crippen LogP contribution in [0.2, 0.25) is 5.02 Å². The third-order valence-electron chi connectivity index (χ3n) is 4.45. The number of morpholine rings is 1. The number of hydrogen-bond acceptors (Lipinski definition) is 4. The van der Waals surface area contributed by atoms with Gasteiger partial charge in [0.05, 0.1) is 23.1 Å². The fourth-order valence-electron chi connectivity index (χ4n) is 3.17. The molecule has 1 atom stereocenters. The lowest BCUT2D eigenvalue weighted by atomic mass is 10.1. The molecule has 1 aromatic carbocycles. The smallest absolute Gasteiger partial charge is 0.243 e. The summed E-state index contributed by atoms with van der Waals surface area (Å²) in [4.78, 5) is 2.34. The van der Waals surface area contributed by atoms with Gasteiger partial charge in [-0.15, -0.1) is 0 Å². The maximum absolute atomic E-state index is 13.3. The van der Waals surface area contributed by atoms with Crippen LogP contribution in [0.4, 0.5) is 4.39 Å². The Bertz CT molecular complexity index is 665. The van der Waals surface area contributed by atoms with E-state index in [0.717, 1.165) is 32.0 Å². The monoisotopic (exact) mass is 362 g/mol. The largest absolute Gasteiger partial charge is 0.379 e. The Balaban J connectivity index is 1.77. The van der Waals surface area contributed by atoms with Crippen molar-refractivity contribution in [3.8, 4) is 0 Å². The predicted molar refractivity (Wildman–Crippen MR) is 85.6 cm³/mol. The number of piperidine rings is 1. The van der Waals surface area contributed by atoms with Gasteiger partial charge in [-0.25, -0.2) is 12.8 Å². The number of sulfonamides is 1. The fourth-order valence-corrected chi connectivity index (χ4v) is 4.95. The summed E-state index contributed by atoms with van der Waals surface area (Å²) in [5.41, 5.74) is 0. The molecular weight excluding hydrogens is 343 g/mol. The van der Waals surface area contributed by atoms with E-state index in [-0.39, 0.29) is 16.0 Å². The number of halogens is 2. The van der Waals surface area contributed by atoms with Gasteiger partial charge in [-0.2, -0.15) is 4.31 Å². The van der Waals surface area contributed by atoms with Crippen molar-refractivity contribution in [3.05, 3.63) is 29.0 Å². The normalized spacial score (nSPS) is 24.7. The SMILES string of the molecule is O=S(=O)(c1ccc(F)c(Cl)c1)N1CCCC(N2CCOCC2)C1. The first-order valence-corrected chi connectivity index (χ1v) is 9.57. The van der Waals surface area contributed by atoms with Gasteiger partial charge >= 0.3 is 0 Å². The minimum atomic E-state index is -3.65. The first kappa shape index (κ1) is 17.1. The number of nitrogens with zero attached hydrogens (tertiary/aromatic N) is 2. The fraction of sp³-hybridized carbons (Fsp3) is 0.600. The van der Waals surface area contributed by atoms with Crippen LogP contribution in [0.15, 0.2) is 23.1 Å². The Morgan fingerprint density at radius 3 is 2.65 bits per heavy atom. The van der Waals surface area contributed by atoms with Crippen LogP contribution in [0.3, 0.4) is 0 Å². The Morgan fingerprint density at radius 1 is 1.22 bits per heavy atom. The van der Waals surface area contributed by atoms with E-state index in [4.69, 9.17) is 16.3 Å². The topological polar surface area (TPSA) is 49.9 Å². The molecule has 0 radical (unpaired) electrons. The molecule has 0 aromatic heterocycles. The molecule has 2 aliphatic rings. The van der Waals surface area contributed by atoms with Gasteiger partial charge in [0.1, 0.15) is 5.82 Å². The second kappa shape index (κ2) is 7.03. The van der Waals surface area contributed by atoms with Crippen LogP contribution in [-0.2, 0) is 14.8 Å². The summed E-state index contributed by atoms with van der Waals surface area (Å²) in [7, 11) is -3.65. The second-order valence-electron chi connectivity index (χ2n) is 5.88. The Morgan fingerprint density at radius 2 is 1.96 bits per heavy atom. The zero-order valence-electron chi connectivity index (χ0n) is 12.7. The molecule has 0 bridgehead atoms. The van der Waals surface area contributed by atoms with E-state index in [1.807, 2.05) is 0 Å². The van der Waals surface area contributed by atoms with Gasteiger partial charge in [-0.1, -0.05) is 11.6 Å². The molecule has 3 rings (SSSR count). The van der Waals surface area contributed by atoms with E-state index in [0.29, 0.717) is 26.3 Å². The maximum Gasteiger partial charge on any atom is 0.243 e. The van der Waals surface area contributed by atoms with Crippen LogP contribution in [0.5, 0.6) is 0 Å². The predicted octanol–water partition coefficient (Wildman–Crippen LogP) is 1.96. The number of hydrogen-bond donors (Lipinski definition) is 0. The summed E-state index contributed by atoms with van der Waals surface area (Å²) in [5.74, 6) is -0.615. The molecule has 2 heterocycles. The molecule has 2 aliphatic heterocycles. The molecule has 128 valence electrons. The maximum atomic E-state index is 13.3. The Kier molecular flexibility index (Phi) is 5.22. The summed E-state index contributed by atoms with van der Waals surface area (Å²) in [6.45, 7) is 3.99. The van der Waals surface area contributed by atoms with E-state index in [1.54, 1.807) is 0 Å². The van der Waals surface area contributed by atoms with Crippen molar-refractivity contribution in [1.82, 2.24) is 9.21 Å². The van der Waals surface area contributed by atoms with Gasteiger partial charge in [-0.3, -0.25) is 4.90 Å². The van der Waals surface area contributed by atoms with Gasteiger partial charge < -0.3 is 4.74 Å². The highest BCUT2D eigenvalue weighted by atomic mass is 35.5.